The van der Waals surface area contributed by atoms with Crippen molar-refractivity contribution in [3.05, 3.63) is 29.3 Å². The average Bonchev–Trinajstić information content (AvgIpc) is 2.25. The summed E-state index contributed by atoms with van der Waals surface area (Å²) in [5.74, 6) is 0.885. The molecular formula is C14H23ClNO2-. The molecule has 4 heteroatoms. The van der Waals surface area contributed by atoms with Crippen LogP contribution in [0.3, 0.4) is 0 Å². The fraction of sp³-hybridized carbons (Fsp3) is 0.571. The third-order valence-corrected chi connectivity index (χ3v) is 2.59. The molecule has 1 rings (SSSR count). The van der Waals surface area contributed by atoms with Gasteiger partial charge >= 0.3 is 0 Å². The minimum Gasteiger partial charge on any atom is -1.00 e. The van der Waals surface area contributed by atoms with Gasteiger partial charge in [-0.25, -0.2) is 0 Å². The average molecular weight is 273 g/mol. The molecule has 1 atom stereocenters. The molecule has 0 amide bonds. The predicted molar refractivity (Wildman–Crippen MR) is 70.6 cm³/mol. The number of rotatable bonds is 6. The van der Waals surface area contributed by atoms with Crippen LogP contribution in [-0.2, 0) is 0 Å². The normalized spacial score (nSPS) is 12.1. The molecule has 0 fully saturated rings. The van der Waals surface area contributed by atoms with E-state index in [1.165, 1.54) is 0 Å². The molecule has 0 saturated carbocycles. The van der Waals surface area contributed by atoms with Gasteiger partial charge in [0.1, 0.15) is 18.5 Å². The van der Waals surface area contributed by atoms with Crippen molar-refractivity contribution in [2.75, 3.05) is 13.2 Å². The van der Waals surface area contributed by atoms with Crippen LogP contribution in [0.5, 0.6) is 5.75 Å². The van der Waals surface area contributed by atoms with Gasteiger partial charge < -0.3 is 27.6 Å². The number of para-hydroxylation sites is 1. The van der Waals surface area contributed by atoms with Crippen LogP contribution in [0.25, 0.3) is 0 Å². The Morgan fingerprint density at radius 1 is 1.22 bits per heavy atom. The number of aryl methyl sites for hydroxylation is 2. The Bertz CT molecular complexity index is 335. The maximum atomic E-state index is 9.75. The summed E-state index contributed by atoms with van der Waals surface area (Å²) in [6, 6.07) is 6.42. The summed E-state index contributed by atoms with van der Waals surface area (Å²) in [5.41, 5.74) is 2.21. The number of halogens is 1. The van der Waals surface area contributed by atoms with Gasteiger partial charge in [-0.15, -0.1) is 0 Å². The van der Waals surface area contributed by atoms with E-state index in [9.17, 15) is 5.11 Å². The third-order valence-electron chi connectivity index (χ3n) is 2.59. The van der Waals surface area contributed by atoms with E-state index in [1.807, 2.05) is 32.0 Å². The fourth-order valence-corrected chi connectivity index (χ4v) is 1.64. The smallest absolute Gasteiger partial charge is 0.125 e. The Kier molecular flexibility index (Phi) is 8.00. The van der Waals surface area contributed by atoms with Gasteiger partial charge in [-0.05, 0) is 25.0 Å². The summed E-state index contributed by atoms with van der Waals surface area (Å²) in [6.07, 6.45) is -0.476. The minimum atomic E-state index is -0.476. The molecule has 1 unspecified atom stereocenters. The standard InChI is InChI=1S/C14H23NO2.ClH/c1-10(2)15-8-13(16)9-17-14-11(3)6-5-7-12(14)4;/h5-7,10,13,15-16H,8-9H2,1-4H3;1H/p-1. The van der Waals surface area contributed by atoms with Gasteiger partial charge in [0.05, 0.1) is 0 Å². The summed E-state index contributed by atoms with van der Waals surface area (Å²) < 4.78 is 5.67. The Hall–Kier alpha value is -0.770. The van der Waals surface area contributed by atoms with Crippen LogP contribution in [-0.4, -0.2) is 30.4 Å². The van der Waals surface area contributed by atoms with Gasteiger partial charge in [0.25, 0.3) is 0 Å². The zero-order valence-corrected chi connectivity index (χ0v) is 12.3. The number of benzene rings is 1. The van der Waals surface area contributed by atoms with Crippen LogP contribution in [0.2, 0.25) is 0 Å². The first kappa shape index (κ1) is 17.2. The first-order valence-electron chi connectivity index (χ1n) is 6.11. The van der Waals surface area contributed by atoms with Crippen molar-refractivity contribution in [2.24, 2.45) is 0 Å². The fourth-order valence-electron chi connectivity index (χ4n) is 1.64. The van der Waals surface area contributed by atoms with Gasteiger partial charge in [0.2, 0.25) is 0 Å². The summed E-state index contributed by atoms with van der Waals surface area (Å²) in [5, 5.41) is 12.9. The molecule has 0 bridgehead atoms. The van der Waals surface area contributed by atoms with E-state index in [2.05, 4.69) is 19.2 Å². The van der Waals surface area contributed by atoms with Crippen molar-refractivity contribution >= 4 is 0 Å². The van der Waals surface area contributed by atoms with E-state index in [-0.39, 0.29) is 12.4 Å². The summed E-state index contributed by atoms with van der Waals surface area (Å²) in [6.45, 7) is 9.02. The number of nitrogens with one attached hydrogen (secondary N) is 1. The molecule has 0 heterocycles. The monoisotopic (exact) mass is 272 g/mol. The molecule has 1 aromatic carbocycles. The first-order chi connectivity index (χ1) is 8.00. The van der Waals surface area contributed by atoms with Crippen molar-refractivity contribution in [3.8, 4) is 5.75 Å². The molecule has 0 aromatic heterocycles. The van der Waals surface area contributed by atoms with E-state index in [1.54, 1.807) is 0 Å². The van der Waals surface area contributed by atoms with Gasteiger partial charge in [-0.1, -0.05) is 32.0 Å². The van der Waals surface area contributed by atoms with E-state index in [0.29, 0.717) is 19.2 Å². The number of ether oxygens (including phenoxy) is 1. The topological polar surface area (TPSA) is 41.5 Å². The van der Waals surface area contributed by atoms with Crippen molar-refractivity contribution in [1.29, 1.82) is 0 Å². The minimum absolute atomic E-state index is 0. The SMILES string of the molecule is Cc1cccc(C)c1OCC(O)CNC(C)C.[Cl-]. The lowest BCUT2D eigenvalue weighted by Gasteiger charge is -2.17. The summed E-state index contributed by atoms with van der Waals surface area (Å²) in [7, 11) is 0. The second-order valence-corrected chi connectivity index (χ2v) is 4.75. The van der Waals surface area contributed by atoms with Crippen LogP contribution < -0.4 is 22.5 Å². The van der Waals surface area contributed by atoms with E-state index in [4.69, 9.17) is 4.74 Å². The van der Waals surface area contributed by atoms with Crippen molar-refractivity contribution in [3.63, 3.8) is 0 Å². The Morgan fingerprint density at radius 2 is 1.78 bits per heavy atom. The molecule has 1 aromatic rings. The van der Waals surface area contributed by atoms with Crippen LogP contribution in [0.4, 0.5) is 0 Å². The van der Waals surface area contributed by atoms with Crippen LogP contribution in [0, 0.1) is 13.8 Å². The van der Waals surface area contributed by atoms with Crippen molar-refractivity contribution in [2.45, 2.75) is 39.8 Å². The van der Waals surface area contributed by atoms with Gasteiger partial charge in [-0.2, -0.15) is 0 Å². The lowest BCUT2D eigenvalue weighted by molar-refractivity contribution is -0.00000564. The molecule has 2 N–H and O–H groups in total. The molecule has 104 valence electrons. The van der Waals surface area contributed by atoms with Gasteiger partial charge in [-0.3, -0.25) is 0 Å². The van der Waals surface area contributed by atoms with Gasteiger partial charge in [0.15, 0.2) is 0 Å². The molecule has 0 aliphatic rings. The molecule has 3 nitrogen and oxygen atoms in total. The molecule has 0 aliphatic carbocycles. The second kappa shape index (κ2) is 8.35. The number of hydrogen-bond acceptors (Lipinski definition) is 3. The number of hydrogen-bond donors (Lipinski definition) is 2. The van der Waals surface area contributed by atoms with Crippen molar-refractivity contribution < 1.29 is 22.3 Å². The highest BCUT2D eigenvalue weighted by Crippen LogP contribution is 2.22. The maximum Gasteiger partial charge on any atom is 0.125 e. The molecule has 18 heavy (non-hydrogen) atoms. The largest absolute Gasteiger partial charge is 1.00 e. The van der Waals surface area contributed by atoms with E-state index >= 15 is 0 Å². The zero-order valence-electron chi connectivity index (χ0n) is 11.5. The number of aliphatic hydroxyl groups excluding tert-OH is 1. The van der Waals surface area contributed by atoms with Crippen LogP contribution in [0.15, 0.2) is 18.2 Å². The summed E-state index contributed by atoms with van der Waals surface area (Å²) >= 11 is 0. The molecule has 0 spiro atoms. The van der Waals surface area contributed by atoms with Crippen LogP contribution in [0.1, 0.15) is 25.0 Å². The molecular weight excluding hydrogens is 250 g/mol. The second-order valence-electron chi connectivity index (χ2n) is 4.75. The lowest BCUT2D eigenvalue weighted by atomic mass is 10.1. The highest BCUT2D eigenvalue weighted by atomic mass is 35.5. The number of aliphatic hydroxyl groups is 1. The third kappa shape index (κ3) is 5.71. The highest BCUT2D eigenvalue weighted by Gasteiger charge is 2.08. The highest BCUT2D eigenvalue weighted by molar-refractivity contribution is 5.39. The quantitative estimate of drug-likeness (QED) is 0.701. The zero-order chi connectivity index (χ0) is 12.8. The molecule has 0 radical (unpaired) electrons. The Morgan fingerprint density at radius 3 is 2.28 bits per heavy atom. The Balaban J connectivity index is 0.00000289. The maximum absolute atomic E-state index is 9.75. The summed E-state index contributed by atoms with van der Waals surface area (Å²) in [4.78, 5) is 0. The molecule has 0 aliphatic heterocycles. The Labute approximate surface area is 116 Å². The van der Waals surface area contributed by atoms with E-state index in [0.717, 1.165) is 16.9 Å². The van der Waals surface area contributed by atoms with E-state index < -0.39 is 6.10 Å². The van der Waals surface area contributed by atoms with Crippen molar-refractivity contribution in [1.82, 2.24) is 5.32 Å². The predicted octanol–water partition coefficient (Wildman–Crippen LogP) is -0.955. The van der Waals surface area contributed by atoms with Gasteiger partial charge in [0, 0.05) is 12.6 Å². The lowest BCUT2D eigenvalue weighted by Crippen LogP contribution is -3.00. The molecule has 0 saturated heterocycles. The van der Waals surface area contributed by atoms with Crippen LogP contribution >= 0.6 is 0 Å². The first-order valence-corrected chi connectivity index (χ1v) is 6.11.